The van der Waals surface area contributed by atoms with Crippen molar-refractivity contribution in [2.75, 3.05) is 5.32 Å². The molecule has 0 fully saturated rings. The molecule has 0 aliphatic rings. The Labute approximate surface area is 150 Å². The molecule has 1 aromatic carbocycles. The number of hydrogen-bond donors (Lipinski definition) is 2. The van der Waals surface area contributed by atoms with Gasteiger partial charge in [0, 0.05) is 32.1 Å². The van der Waals surface area contributed by atoms with Crippen LogP contribution >= 0.6 is 0 Å². The Balaban J connectivity index is 1.81. The van der Waals surface area contributed by atoms with E-state index >= 15 is 0 Å². The molecule has 26 heavy (non-hydrogen) atoms. The number of carbonyl (C=O) groups is 2. The van der Waals surface area contributed by atoms with Crippen LogP contribution in [0.1, 0.15) is 26.5 Å². The van der Waals surface area contributed by atoms with Crippen molar-refractivity contribution in [3.8, 4) is 0 Å². The highest BCUT2D eigenvalue weighted by Gasteiger charge is 2.14. The number of aliphatic imine (C=N–C) groups is 1. The van der Waals surface area contributed by atoms with Gasteiger partial charge in [-0.05, 0) is 12.1 Å². The third kappa shape index (κ3) is 3.56. The van der Waals surface area contributed by atoms with E-state index in [1.807, 2.05) is 30.3 Å². The topological polar surface area (TPSA) is 94.4 Å². The van der Waals surface area contributed by atoms with Gasteiger partial charge >= 0.3 is 0 Å². The molecule has 132 valence electrons. The lowest BCUT2D eigenvalue weighted by molar-refractivity contribution is 0.101. The molecule has 0 aliphatic carbocycles. The zero-order valence-corrected chi connectivity index (χ0v) is 14.5. The largest absolute Gasteiger partial charge is 0.383 e. The molecule has 1 amide bonds. The fraction of sp³-hybridized carbons (Fsp3) is 0.105. The van der Waals surface area contributed by atoms with E-state index in [1.165, 1.54) is 0 Å². The van der Waals surface area contributed by atoms with Crippen molar-refractivity contribution in [1.29, 1.82) is 0 Å². The third-order valence-electron chi connectivity index (χ3n) is 3.96. The number of carbonyl (C=O) groups excluding carboxylic acids is 2. The van der Waals surface area contributed by atoms with E-state index < -0.39 is 0 Å². The highest BCUT2D eigenvalue weighted by molar-refractivity contribution is 6.04. The van der Waals surface area contributed by atoms with E-state index in [0.717, 1.165) is 11.8 Å². The molecule has 0 bridgehead atoms. The van der Waals surface area contributed by atoms with Gasteiger partial charge in [-0.1, -0.05) is 30.3 Å². The predicted octanol–water partition coefficient (Wildman–Crippen LogP) is 2.47. The number of amidine groups is 1. The number of anilines is 1. The summed E-state index contributed by atoms with van der Waals surface area (Å²) in [5.41, 5.74) is 8.88. The Morgan fingerprint density at radius 1 is 1.12 bits per heavy atom. The standard InChI is InChI=1S/C19H19N5O2/c1-23-10-14(8-16(23)12-25)22-19(26)17-9-15(11-24(17)2)21-18(20)13-6-4-3-5-7-13/h3-12H,1-2H3,(H2,20,21)(H,22,26). The number of amides is 1. The lowest BCUT2D eigenvalue weighted by Gasteiger charge is -2.03. The SMILES string of the molecule is Cn1cc(NC(=O)c2cc(N=C(N)c3ccccc3)cn2C)cc1C=O. The molecule has 0 aliphatic heterocycles. The molecule has 3 rings (SSSR count). The molecular weight excluding hydrogens is 330 g/mol. The molecule has 2 aromatic heterocycles. The summed E-state index contributed by atoms with van der Waals surface area (Å²) in [6.45, 7) is 0. The van der Waals surface area contributed by atoms with Gasteiger partial charge in [0.15, 0.2) is 6.29 Å². The molecule has 0 atom stereocenters. The second kappa shape index (κ2) is 7.10. The van der Waals surface area contributed by atoms with Crippen molar-refractivity contribution in [2.45, 2.75) is 0 Å². The highest BCUT2D eigenvalue weighted by atomic mass is 16.2. The van der Waals surface area contributed by atoms with Crippen LogP contribution in [0.5, 0.6) is 0 Å². The number of aldehydes is 1. The number of aromatic nitrogens is 2. The van der Waals surface area contributed by atoms with Gasteiger partial charge in [0.1, 0.15) is 11.5 Å². The van der Waals surface area contributed by atoms with Gasteiger partial charge in [0.05, 0.1) is 17.1 Å². The van der Waals surface area contributed by atoms with E-state index in [2.05, 4.69) is 10.3 Å². The zero-order chi connectivity index (χ0) is 18.7. The average molecular weight is 349 g/mol. The van der Waals surface area contributed by atoms with Gasteiger partial charge in [-0.3, -0.25) is 9.59 Å². The van der Waals surface area contributed by atoms with Crippen LogP contribution in [0, 0.1) is 0 Å². The second-order valence-corrected chi connectivity index (χ2v) is 5.89. The molecule has 3 N–H and O–H groups in total. The molecule has 7 heteroatoms. The summed E-state index contributed by atoms with van der Waals surface area (Å²) in [5.74, 6) is 0.0807. The van der Waals surface area contributed by atoms with Crippen molar-refractivity contribution >= 4 is 29.4 Å². The minimum atomic E-state index is -0.296. The lowest BCUT2D eigenvalue weighted by atomic mass is 10.2. The van der Waals surface area contributed by atoms with Crippen LogP contribution in [0.25, 0.3) is 0 Å². The Kier molecular flexibility index (Phi) is 4.70. The molecule has 0 saturated heterocycles. The van der Waals surface area contributed by atoms with Gasteiger partial charge in [-0.2, -0.15) is 0 Å². The quantitative estimate of drug-likeness (QED) is 0.421. The summed E-state index contributed by atoms with van der Waals surface area (Å²) >= 11 is 0. The maximum atomic E-state index is 12.5. The van der Waals surface area contributed by atoms with Gasteiger partial charge < -0.3 is 20.2 Å². The van der Waals surface area contributed by atoms with Gasteiger partial charge in [-0.25, -0.2) is 4.99 Å². The van der Waals surface area contributed by atoms with Crippen LogP contribution in [0.3, 0.4) is 0 Å². The Hall–Kier alpha value is -3.61. The molecular formula is C19H19N5O2. The number of nitrogens with zero attached hydrogens (tertiary/aromatic N) is 3. The minimum Gasteiger partial charge on any atom is -0.383 e. The highest BCUT2D eigenvalue weighted by Crippen LogP contribution is 2.19. The van der Waals surface area contributed by atoms with E-state index in [1.54, 1.807) is 47.8 Å². The summed E-state index contributed by atoms with van der Waals surface area (Å²) < 4.78 is 3.32. The summed E-state index contributed by atoms with van der Waals surface area (Å²) in [7, 11) is 3.50. The normalized spacial score (nSPS) is 11.4. The number of aryl methyl sites for hydroxylation is 2. The smallest absolute Gasteiger partial charge is 0.272 e. The molecule has 0 unspecified atom stereocenters. The molecule has 0 saturated carbocycles. The van der Waals surface area contributed by atoms with Crippen LogP contribution in [0.4, 0.5) is 11.4 Å². The van der Waals surface area contributed by atoms with Gasteiger partial charge in [0.2, 0.25) is 0 Å². The Morgan fingerprint density at radius 3 is 2.50 bits per heavy atom. The van der Waals surface area contributed by atoms with Gasteiger partial charge in [0.25, 0.3) is 5.91 Å². The summed E-state index contributed by atoms with van der Waals surface area (Å²) in [6, 6.07) is 12.7. The first kappa shape index (κ1) is 17.2. The number of nitrogens with one attached hydrogen (secondary N) is 1. The Morgan fingerprint density at radius 2 is 1.85 bits per heavy atom. The second-order valence-electron chi connectivity index (χ2n) is 5.89. The maximum absolute atomic E-state index is 12.5. The first-order valence-electron chi connectivity index (χ1n) is 7.97. The Bertz CT molecular complexity index is 983. The van der Waals surface area contributed by atoms with Crippen molar-refractivity contribution in [3.05, 3.63) is 71.8 Å². The number of nitrogens with two attached hydrogens (primary N) is 1. The van der Waals surface area contributed by atoms with E-state index in [-0.39, 0.29) is 5.91 Å². The summed E-state index contributed by atoms with van der Waals surface area (Å²) in [4.78, 5) is 27.8. The molecule has 0 radical (unpaired) electrons. The molecule has 7 nitrogen and oxygen atoms in total. The molecule has 0 spiro atoms. The fourth-order valence-corrected chi connectivity index (χ4v) is 2.61. The van der Waals surface area contributed by atoms with Crippen LogP contribution < -0.4 is 11.1 Å². The monoisotopic (exact) mass is 349 g/mol. The first-order valence-corrected chi connectivity index (χ1v) is 7.97. The maximum Gasteiger partial charge on any atom is 0.272 e. The van der Waals surface area contributed by atoms with E-state index in [4.69, 9.17) is 5.73 Å². The van der Waals surface area contributed by atoms with Crippen molar-refractivity contribution in [3.63, 3.8) is 0 Å². The fourth-order valence-electron chi connectivity index (χ4n) is 2.61. The molecule has 3 aromatic rings. The van der Waals surface area contributed by atoms with Crippen molar-refractivity contribution in [1.82, 2.24) is 9.13 Å². The van der Waals surface area contributed by atoms with E-state index in [0.29, 0.717) is 28.6 Å². The minimum absolute atomic E-state index is 0.296. The average Bonchev–Trinajstić information content (AvgIpc) is 3.17. The summed E-state index contributed by atoms with van der Waals surface area (Å²) in [6.07, 6.45) is 4.14. The summed E-state index contributed by atoms with van der Waals surface area (Å²) in [5, 5.41) is 2.77. The van der Waals surface area contributed by atoms with Crippen molar-refractivity contribution < 1.29 is 9.59 Å². The van der Waals surface area contributed by atoms with Crippen molar-refractivity contribution in [2.24, 2.45) is 24.8 Å². The van der Waals surface area contributed by atoms with Gasteiger partial charge in [-0.15, -0.1) is 0 Å². The predicted molar refractivity (Wildman–Crippen MR) is 101 cm³/mol. The van der Waals surface area contributed by atoms with Crippen LogP contribution in [0.15, 0.2) is 59.9 Å². The van der Waals surface area contributed by atoms with E-state index in [9.17, 15) is 9.59 Å². The first-order chi connectivity index (χ1) is 12.5. The number of rotatable bonds is 5. The lowest BCUT2D eigenvalue weighted by Crippen LogP contribution is -2.14. The third-order valence-corrected chi connectivity index (χ3v) is 3.96. The zero-order valence-electron chi connectivity index (χ0n) is 14.5. The van der Waals surface area contributed by atoms with Crippen LogP contribution in [-0.4, -0.2) is 27.2 Å². The molecule has 2 heterocycles. The van der Waals surface area contributed by atoms with Crippen LogP contribution in [0.2, 0.25) is 0 Å². The van der Waals surface area contributed by atoms with Crippen LogP contribution in [-0.2, 0) is 14.1 Å². The number of hydrogen-bond acceptors (Lipinski definition) is 3. The number of benzene rings is 1.